The normalized spacial score (nSPS) is 12.0. The largest absolute Gasteiger partial charge is 0.375 e. The van der Waals surface area contributed by atoms with Gasteiger partial charge in [-0.25, -0.2) is 4.98 Å². The molecule has 0 radical (unpaired) electrons. The zero-order valence-corrected chi connectivity index (χ0v) is 10.1. The van der Waals surface area contributed by atoms with Gasteiger partial charge in [-0.15, -0.1) is 0 Å². The summed E-state index contributed by atoms with van der Waals surface area (Å²) in [7, 11) is 2.00. The summed E-state index contributed by atoms with van der Waals surface area (Å²) in [4.78, 5) is 4.06. The molecule has 0 bridgehead atoms. The first-order valence-electron chi connectivity index (χ1n) is 5.35. The zero-order valence-electron chi connectivity index (χ0n) is 10.1. The Bertz CT molecular complexity index is 294. The highest BCUT2D eigenvalue weighted by molar-refractivity contribution is 4.96. The first-order chi connectivity index (χ1) is 7.05. The fourth-order valence-electron chi connectivity index (χ4n) is 1.49. The van der Waals surface area contributed by atoms with Crippen LogP contribution in [0.3, 0.4) is 0 Å². The van der Waals surface area contributed by atoms with Crippen LogP contribution in [0.2, 0.25) is 0 Å². The summed E-state index contributed by atoms with van der Waals surface area (Å²) in [5, 5.41) is 3.37. The van der Waals surface area contributed by atoms with Crippen LogP contribution in [-0.2, 0) is 18.3 Å². The summed E-state index contributed by atoms with van der Waals surface area (Å²) < 4.78 is 7.61. The standard InChI is InChI=1S/C11H21N3O/c1-5-15-11(2,3)8-12-6-10-7-13-9-14(10)4/h7,9,12H,5-6,8H2,1-4H3. The Morgan fingerprint density at radius 3 is 2.80 bits per heavy atom. The van der Waals surface area contributed by atoms with E-state index in [9.17, 15) is 0 Å². The molecule has 4 heteroatoms. The summed E-state index contributed by atoms with van der Waals surface area (Å²) in [6.07, 6.45) is 3.69. The Morgan fingerprint density at radius 1 is 1.53 bits per heavy atom. The number of nitrogens with zero attached hydrogens (tertiary/aromatic N) is 2. The highest BCUT2D eigenvalue weighted by atomic mass is 16.5. The summed E-state index contributed by atoms with van der Waals surface area (Å²) in [5.41, 5.74) is 1.08. The average Bonchev–Trinajstić information content (AvgIpc) is 2.51. The lowest BCUT2D eigenvalue weighted by Gasteiger charge is -2.25. The fourth-order valence-corrected chi connectivity index (χ4v) is 1.49. The third kappa shape index (κ3) is 4.01. The predicted octanol–water partition coefficient (Wildman–Crippen LogP) is 1.32. The van der Waals surface area contributed by atoms with Crippen molar-refractivity contribution in [3.63, 3.8) is 0 Å². The Morgan fingerprint density at radius 2 is 2.27 bits per heavy atom. The van der Waals surface area contributed by atoms with Crippen molar-refractivity contribution in [2.75, 3.05) is 13.2 Å². The lowest BCUT2D eigenvalue weighted by Crippen LogP contribution is -2.37. The fraction of sp³-hybridized carbons (Fsp3) is 0.727. The van der Waals surface area contributed by atoms with Crippen molar-refractivity contribution >= 4 is 0 Å². The van der Waals surface area contributed by atoms with E-state index < -0.39 is 0 Å². The number of rotatable bonds is 6. The van der Waals surface area contributed by atoms with Crippen LogP contribution in [0.4, 0.5) is 0 Å². The van der Waals surface area contributed by atoms with E-state index >= 15 is 0 Å². The van der Waals surface area contributed by atoms with Gasteiger partial charge in [0, 0.05) is 32.9 Å². The molecule has 0 saturated carbocycles. The molecular formula is C11H21N3O. The Hall–Kier alpha value is -0.870. The van der Waals surface area contributed by atoms with Crippen molar-refractivity contribution in [2.45, 2.75) is 32.9 Å². The van der Waals surface area contributed by atoms with Crippen LogP contribution >= 0.6 is 0 Å². The second kappa shape index (κ2) is 5.28. The van der Waals surface area contributed by atoms with Crippen LogP contribution in [-0.4, -0.2) is 28.3 Å². The molecule has 0 spiro atoms. The van der Waals surface area contributed by atoms with Gasteiger partial charge in [-0.1, -0.05) is 0 Å². The van der Waals surface area contributed by atoms with Gasteiger partial charge in [0.15, 0.2) is 0 Å². The molecule has 0 atom stereocenters. The molecule has 1 aromatic heterocycles. The van der Waals surface area contributed by atoms with Crippen molar-refractivity contribution < 1.29 is 4.74 Å². The van der Waals surface area contributed by atoms with Crippen LogP contribution in [0.1, 0.15) is 26.5 Å². The molecule has 1 heterocycles. The number of hydrogen-bond donors (Lipinski definition) is 1. The number of ether oxygens (including phenoxy) is 1. The molecule has 0 unspecified atom stereocenters. The average molecular weight is 211 g/mol. The molecular weight excluding hydrogens is 190 g/mol. The second-order valence-electron chi connectivity index (χ2n) is 4.29. The van der Waals surface area contributed by atoms with Crippen molar-refractivity contribution in [1.82, 2.24) is 14.9 Å². The predicted molar refractivity (Wildman–Crippen MR) is 60.6 cm³/mol. The molecule has 0 fully saturated rings. The van der Waals surface area contributed by atoms with Crippen LogP contribution in [0.25, 0.3) is 0 Å². The maximum absolute atomic E-state index is 5.59. The van der Waals surface area contributed by atoms with Gasteiger partial charge in [-0.3, -0.25) is 0 Å². The zero-order chi connectivity index (χ0) is 11.3. The highest BCUT2D eigenvalue weighted by Gasteiger charge is 2.16. The van der Waals surface area contributed by atoms with E-state index in [2.05, 4.69) is 24.1 Å². The number of aryl methyl sites for hydroxylation is 1. The van der Waals surface area contributed by atoms with Gasteiger partial charge in [0.1, 0.15) is 0 Å². The molecule has 0 aliphatic rings. The SMILES string of the molecule is CCOC(C)(C)CNCc1cncn1C. The minimum Gasteiger partial charge on any atom is -0.375 e. The van der Waals surface area contributed by atoms with Crippen LogP contribution in [0.5, 0.6) is 0 Å². The monoisotopic (exact) mass is 211 g/mol. The van der Waals surface area contributed by atoms with Crippen molar-refractivity contribution in [1.29, 1.82) is 0 Å². The molecule has 1 rings (SSSR count). The van der Waals surface area contributed by atoms with Crippen molar-refractivity contribution in [3.05, 3.63) is 18.2 Å². The van der Waals surface area contributed by atoms with E-state index in [0.29, 0.717) is 0 Å². The third-order valence-corrected chi connectivity index (χ3v) is 2.31. The van der Waals surface area contributed by atoms with Gasteiger partial charge in [0.25, 0.3) is 0 Å². The van der Waals surface area contributed by atoms with E-state index in [-0.39, 0.29) is 5.60 Å². The Kier molecular flexibility index (Phi) is 4.29. The first kappa shape index (κ1) is 12.2. The summed E-state index contributed by atoms with van der Waals surface area (Å²) in [6.45, 7) is 8.61. The van der Waals surface area contributed by atoms with Gasteiger partial charge in [-0.05, 0) is 20.8 Å². The van der Waals surface area contributed by atoms with E-state index in [1.807, 2.05) is 31.1 Å². The third-order valence-electron chi connectivity index (χ3n) is 2.31. The maximum atomic E-state index is 5.59. The van der Waals surface area contributed by atoms with Crippen molar-refractivity contribution in [3.8, 4) is 0 Å². The van der Waals surface area contributed by atoms with E-state index in [1.54, 1.807) is 0 Å². The molecule has 1 aromatic rings. The molecule has 0 saturated heterocycles. The molecule has 0 aliphatic heterocycles. The molecule has 15 heavy (non-hydrogen) atoms. The minimum atomic E-state index is -0.104. The Labute approximate surface area is 91.7 Å². The summed E-state index contributed by atoms with van der Waals surface area (Å²) in [6, 6.07) is 0. The van der Waals surface area contributed by atoms with Gasteiger partial charge in [0.2, 0.25) is 0 Å². The molecule has 0 amide bonds. The smallest absolute Gasteiger partial charge is 0.0945 e. The van der Waals surface area contributed by atoms with Gasteiger partial charge >= 0.3 is 0 Å². The van der Waals surface area contributed by atoms with E-state index in [4.69, 9.17) is 4.74 Å². The lowest BCUT2D eigenvalue weighted by molar-refractivity contribution is -0.00905. The topological polar surface area (TPSA) is 39.1 Å². The van der Waals surface area contributed by atoms with Gasteiger partial charge in [0.05, 0.1) is 17.6 Å². The number of nitrogens with one attached hydrogen (secondary N) is 1. The van der Waals surface area contributed by atoms with Crippen LogP contribution < -0.4 is 5.32 Å². The summed E-state index contributed by atoms with van der Waals surface area (Å²) in [5.74, 6) is 0. The molecule has 1 N–H and O–H groups in total. The quantitative estimate of drug-likeness (QED) is 0.771. The summed E-state index contributed by atoms with van der Waals surface area (Å²) >= 11 is 0. The molecule has 0 aromatic carbocycles. The molecule has 0 aliphatic carbocycles. The number of hydrogen-bond acceptors (Lipinski definition) is 3. The molecule has 86 valence electrons. The van der Waals surface area contributed by atoms with Gasteiger partial charge < -0.3 is 14.6 Å². The van der Waals surface area contributed by atoms with Crippen LogP contribution in [0, 0.1) is 0 Å². The Balaban J connectivity index is 2.30. The lowest BCUT2D eigenvalue weighted by atomic mass is 10.1. The highest BCUT2D eigenvalue weighted by Crippen LogP contribution is 2.07. The van der Waals surface area contributed by atoms with E-state index in [0.717, 1.165) is 19.7 Å². The number of imidazole rings is 1. The van der Waals surface area contributed by atoms with Crippen LogP contribution in [0.15, 0.2) is 12.5 Å². The second-order valence-corrected chi connectivity index (χ2v) is 4.29. The first-order valence-corrected chi connectivity index (χ1v) is 5.35. The number of aromatic nitrogens is 2. The maximum Gasteiger partial charge on any atom is 0.0945 e. The minimum absolute atomic E-state index is 0.104. The van der Waals surface area contributed by atoms with E-state index in [1.165, 1.54) is 5.69 Å². The van der Waals surface area contributed by atoms with Gasteiger partial charge in [-0.2, -0.15) is 0 Å². The van der Waals surface area contributed by atoms with Crippen molar-refractivity contribution in [2.24, 2.45) is 7.05 Å². The molecule has 4 nitrogen and oxygen atoms in total.